The fraction of sp³-hybridized carbons (Fsp3) is 0.273. The summed E-state index contributed by atoms with van der Waals surface area (Å²) in [5.41, 5.74) is 1.77. The van der Waals surface area contributed by atoms with Crippen LogP contribution in [0.1, 0.15) is 5.56 Å². The largest absolute Gasteiger partial charge is 0.502 e. The van der Waals surface area contributed by atoms with Crippen molar-refractivity contribution in [2.24, 2.45) is 0 Å². The first-order valence-corrected chi connectivity index (χ1v) is 5.45. The molecule has 0 bridgehead atoms. The van der Waals surface area contributed by atoms with Crippen molar-refractivity contribution in [3.8, 4) is 17.2 Å². The van der Waals surface area contributed by atoms with Gasteiger partial charge in [-0.15, -0.1) is 0 Å². The minimum Gasteiger partial charge on any atom is -0.502 e. The molecule has 0 aliphatic rings. The van der Waals surface area contributed by atoms with Crippen LogP contribution in [0.15, 0.2) is 18.7 Å². The second-order valence-corrected chi connectivity index (χ2v) is 3.53. The molecule has 4 heteroatoms. The van der Waals surface area contributed by atoms with Crippen molar-refractivity contribution in [1.82, 2.24) is 0 Å². The highest BCUT2D eigenvalue weighted by atomic mass is 79.9. The first-order valence-electron chi connectivity index (χ1n) is 4.33. The Balaban J connectivity index is 3.26. The molecule has 3 nitrogen and oxygen atoms in total. The second-order valence-electron chi connectivity index (χ2n) is 2.97. The van der Waals surface area contributed by atoms with E-state index in [1.807, 2.05) is 0 Å². The summed E-state index contributed by atoms with van der Waals surface area (Å²) in [5.74, 6) is 0.768. The number of ether oxygens (including phenoxy) is 2. The molecule has 0 fully saturated rings. The molecule has 0 aliphatic heterocycles. The first kappa shape index (κ1) is 11.9. The molecule has 0 aliphatic carbocycles. The second kappa shape index (κ2) is 5.07. The summed E-state index contributed by atoms with van der Waals surface area (Å²) >= 11 is 3.32. The summed E-state index contributed by atoms with van der Waals surface area (Å²) in [4.78, 5) is 0. The maximum Gasteiger partial charge on any atom is 0.200 e. The van der Waals surface area contributed by atoms with Gasteiger partial charge >= 0.3 is 0 Å². The van der Waals surface area contributed by atoms with Gasteiger partial charge in [-0.3, -0.25) is 0 Å². The predicted molar refractivity (Wildman–Crippen MR) is 64.0 cm³/mol. The number of aromatic hydroxyl groups is 1. The Morgan fingerprint density at radius 1 is 1.33 bits per heavy atom. The number of alkyl halides is 1. The average molecular weight is 273 g/mol. The molecule has 1 aromatic carbocycles. The first-order chi connectivity index (χ1) is 7.13. The molecule has 1 aromatic rings. The van der Waals surface area contributed by atoms with Gasteiger partial charge in [0.1, 0.15) is 0 Å². The lowest BCUT2D eigenvalue weighted by Gasteiger charge is -2.11. The molecule has 15 heavy (non-hydrogen) atoms. The SMILES string of the molecule is C=C(CBr)c1cc(OC)c(O)c(OC)c1. The average Bonchev–Trinajstić information content (AvgIpc) is 2.28. The Kier molecular flexibility index (Phi) is 4.03. The Morgan fingerprint density at radius 2 is 1.80 bits per heavy atom. The third-order valence-corrected chi connectivity index (χ3v) is 2.73. The lowest BCUT2D eigenvalue weighted by molar-refractivity contribution is 0.339. The van der Waals surface area contributed by atoms with E-state index < -0.39 is 0 Å². The molecule has 0 spiro atoms. The summed E-state index contributed by atoms with van der Waals surface area (Å²) in [7, 11) is 2.99. The molecule has 82 valence electrons. The van der Waals surface area contributed by atoms with Gasteiger partial charge in [0.15, 0.2) is 11.5 Å². The molecule has 0 atom stereocenters. The van der Waals surface area contributed by atoms with Crippen LogP contribution in [-0.4, -0.2) is 24.7 Å². The van der Waals surface area contributed by atoms with Crippen LogP contribution >= 0.6 is 15.9 Å². The number of hydrogen-bond donors (Lipinski definition) is 1. The number of benzene rings is 1. The van der Waals surface area contributed by atoms with E-state index in [0.717, 1.165) is 11.1 Å². The summed E-state index contributed by atoms with van der Waals surface area (Å²) in [6, 6.07) is 3.45. The van der Waals surface area contributed by atoms with Crippen LogP contribution in [0.5, 0.6) is 17.2 Å². The van der Waals surface area contributed by atoms with Gasteiger partial charge < -0.3 is 14.6 Å². The van der Waals surface area contributed by atoms with E-state index in [1.54, 1.807) is 12.1 Å². The van der Waals surface area contributed by atoms with E-state index in [4.69, 9.17) is 9.47 Å². The van der Waals surface area contributed by atoms with Crippen LogP contribution in [0.4, 0.5) is 0 Å². The van der Waals surface area contributed by atoms with E-state index in [1.165, 1.54) is 14.2 Å². The van der Waals surface area contributed by atoms with E-state index in [2.05, 4.69) is 22.5 Å². The summed E-state index contributed by atoms with van der Waals surface area (Å²) < 4.78 is 10.1. The number of halogens is 1. The monoisotopic (exact) mass is 272 g/mol. The van der Waals surface area contributed by atoms with Crippen molar-refractivity contribution in [2.45, 2.75) is 0 Å². The highest BCUT2D eigenvalue weighted by Crippen LogP contribution is 2.38. The molecule has 0 radical (unpaired) electrons. The van der Waals surface area contributed by atoms with Gasteiger partial charge in [-0.1, -0.05) is 22.5 Å². The van der Waals surface area contributed by atoms with Gasteiger partial charge in [-0.2, -0.15) is 0 Å². The van der Waals surface area contributed by atoms with Crippen LogP contribution in [0.2, 0.25) is 0 Å². The van der Waals surface area contributed by atoms with Crippen molar-refractivity contribution in [2.75, 3.05) is 19.5 Å². The van der Waals surface area contributed by atoms with Crippen LogP contribution in [0.3, 0.4) is 0 Å². The van der Waals surface area contributed by atoms with Crippen molar-refractivity contribution in [3.05, 3.63) is 24.3 Å². The fourth-order valence-electron chi connectivity index (χ4n) is 1.17. The zero-order valence-corrected chi connectivity index (χ0v) is 10.3. The maximum absolute atomic E-state index is 9.68. The number of phenolic OH excluding ortho intramolecular Hbond substituents is 1. The molecule has 0 saturated heterocycles. The van der Waals surface area contributed by atoms with Crippen LogP contribution < -0.4 is 9.47 Å². The minimum absolute atomic E-state index is 0.00567. The number of phenols is 1. The smallest absolute Gasteiger partial charge is 0.200 e. The Labute approximate surface area is 97.5 Å². The standard InChI is InChI=1S/C11H13BrO3/c1-7(6-12)8-4-9(14-2)11(13)10(5-8)15-3/h4-5,13H,1,6H2,2-3H3. The molecular formula is C11H13BrO3. The Bertz CT molecular complexity index is 349. The predicted octanol–water partition coefficient (Wildman–Crippen LogP) is 2.82. The van der Waals surface area contributed by atoms with Crippen molar-refractivity contribution in [1.29, 1.82) is 0 Å². The topological polar surface area (TPSA) is 38.7 Å². The Hall–Kier alpha value is -1.16. The molecular weight excluding hydrogens is 260 g/mol. The van der Waals surface area contributed by atoms with E-state index in [-0.39, 0.29) is 5.75 Å². The minimum atomic E-state index is 0.00567. The highest BCUT2D eigenvalue weighted by molar-refractivity contribution is 9.09. The summed E-state index contributed by atoms with van der Waals surface area (Å²) in [6.07, 6.45) is 0. The van der Waals surface area contributed by atoms with E-state index >= 15 is 0 Å². The Morgan fingerprint density at radius 3 is 2.13 bits per heavy atom. The van der Waals surface area contributed by atoms with Gasteiger partial charge in [0.05, 0.1) is 14.2 Å². The highest BCUT2D eigenvalue weighted by Gasteiger charge is 2.11. The molecule has 1 rings (SSSR count). The zero-order chi connectivity index (χ0) is 11.4. The van der Waals surface area contributed by atoms with Crippen molar-refractivity contribution < 1.29 is 14.6 Å². The maximum atomic E-state index is 9.68. The summed E-state index contributed by atoms with van der Waals surface area (Å²) in [5, 5.41) is 10.3. The van der Waals surface area contributed by atoms with Gasteiger partial charge in [-0.05, 0) is 23.3 Å². The van der Waals surface area contributed by atoms with Gasteiger partial charge in [-0.25, -0.2) is 0 Å². The van der Waals surface area contributed by atoms with Gasteiger partial charge in [0.2, 0.25) is 5.75 Å². The number of hydrogen-bond acceptors (Lipinski definition) is 3. The normalized spacial score (nSPS) is 9.80. The summed E-state index contributed by atoms with van der Waals surface area (Å²) in [6.45, 7) is 3.88. The molecule has 0 saturated carbocycles. The fourth-order valence-corrected chi connectivity index (χ4v) is 1.50. The molecule has 1 N–H and O–H groups in total. The van der Waals surface area contributed by atoms with Crippen molar-refractivity contribution >= 4 is 21.5 Å². The van der Waals surface area contributed by atoms with Crippen LogP contribution in [-0.2, 0) is 0 Å². The van der Waals surface area contributed by atoms with Crippen LogP contribution in [0, 0.1) is 0 Å². The number of methoxy groups -OCH3 is 2. The van der Waals surface area contributed by atoms with E-state index in [0.29, 0.717) is 16.8 Å². The van der Waals surface area contributed by atoms with Gasteiger partial charge in [0, 0.05) is 5.33 Å². The van der Waals surface area contributed by atoms with Crippen LogP contribution in [0.25, 0.3) is 5.57 Å². The lowest BCUT2D eigenvalue weighted by Crippen LogP contribution is -1.92. The third kappa shape index (κ3) is 2.45. The number of rotatable bonds is 4. The molecule has 0 unspecified atom stereocenters. The third-order valence-electron chi connectivity index (χ3n) is 2.05. The van der Waals surface area contributed by atoms with E-state index in [9.17, 15) is 5.11 Å². The van der Waals surface area contributed by atoms with Crippen molar-refractivity contribution in [3.63, 3.8) is 0 Å². The lowest BCUT2D eigenvalue weighted by atomic mass is 10.1. The quantitative estimate of drug-likeness (QED) is 0.857. The molecule has 0 amide bonds. The van der Waals surface area contributed by atoms with Gasteiger partial charge in [0.25, 0.3) is 0 Å². The number of allylic oxidation sites excluding steroid dienone is 1. The zero-order valence-electron chi connectivity index (χ0n) is 8.71. The molecule has 0 heterocycles. The molecule has 0 aromatic heterocycles.